The number of rotatable bonds is 4. The zero-order chi connectivity index (χ0) is 19.7. The minimum Gasteiger partial charge on any atom is -0.451 e. The van der Waals surface area contributed by atoms with Crippen molar-refractivity contribution in [2.45, 2.75) is 39.2 Å². The van der Waals surface area contributed by atoms with Crippen molar-refractivity contribution in [2.75, 3.05) is 13.2 Å². The summed E-state index contributed by atoms with van der Waals surface area (Å²) < 4.78 is 7.17. The summed E-state index contributed by atoms with van der Waals surface area (Å²) in [7, 11) is 0. The lowest BCUT2D eigenvalue weighted by atomic mass is 10.0. The number of para-hydroxylation sites is 1. The molecule has 1 aromatic carbocycles. The summed E-state index contributed by atoms with van der Waals surface area (Å²) in [6, 6.07) is 11.8. The van der Waals surface area contributed by atoms with E-state index in [2.05, 4.69) is 5.10 Å². The van der Waals surface area contributed by atoms with E-state index in [1.165, 1.54) is 11.3 Å². The Morgan fingerprint density at radius 3 is 2.79 bits per heavy atom. The third-order valence-electron chi connectivity index (χ3n) is 5.20. The van der Waals surface area contributed by atoms with Gasteiger partial charge in [0.15, 0.2) is 6.61 Å². The lowest BCUT2D eigenvalue weighted by Crippen LogP contribution is -2.44. The predicted octanol–water partition coefficient (Wildman–Crippen LogP) is 3.95. The lowest BCUT2D eigenvalue weighted by molar-refractivity contribution is -0.137. The molecular weight excluding hydrogens is 374 g/mol. The van der Waals surface area contributed by atoms with Crippen LogP contribution in [0.15, 0.2) is 36.4 Å². The van der Waals surface area contributed by atoms with Gasteiger partial charge in [-0.05, 0) is 51.3 Å². The highest BCUT2D eigenvalue weighted by atomic mass is 32.1. The highest BCUT2D eigenvalue weighted by molar-refractivity contribution is 7.20. The van der Waals surface area contributed by atoms with Crippen LogP contribution in [0, 0.1) is 6.92 Å². The molecule has 0 N–H and O–H groups in total. The zero-order valence-electron chi connectivity index (χ0n) is 16.1. The third kappa shape index (κ3) is 3.54. The Morgan fingerprint density at radius 1 is 1.25 bits per heavy atom. The van der Waals surface area contributed by atoms with Crippen molar-refractivity contribution in [1.82, 2.24) is 14.7 Å². The van der Waals surface area contributed by atoms with Gasteiger partial charge in [-0.25, -0.2) is 9.48 Å². The van der Waals surface area contributed by atoms with Crippen molar-refractivity contribution < 1.29 is 14.3 Å². The molecule has 3 heterocycles. The van der Waals surface area contributed by atoms with Gasteiger partial charge in [0.25, 0.3) is 5.91 Å². The summed E-state index contributed by atoms with van der Waals surface area (Å²) in [6.45, 7) is 4.50. The van der Waals surface area contributed by atoms with E-state index in [0.29, 0.717) is 4.88 Å². The van der Waals surface area contributed by atoms with Gasteiger partial charge in [0.05, 0.1) is 11.4 Å². The van der Waals surface area contributed by atoms with E-state index < -0.39 is 5.97 Å². The molecule has 1 aliphatic heterocycles. The topological polar surface area (TPSA) is 64.4 Å². The molecule has 1 atom stereocenters. The molecule has 0 saturated carbocycles. The molecule has 28 heavy (non-hydrogen) atoms. The summed E-state index contributed by atoms with van der Waals surface area (Å²) in [4.78, 5) is 28.1. The molecule has 1 aliphatic rings. The molecule has 0 bridgehead atoms. The summed E-state index contributed by atoms with van der Waals surface area (Å²) in [6.07, 6.45) is 3.16. The fourth-order valence-corrected chi connectivity index (χ4v) is 4.72. The minimum absolute atomic E-state index is 0.117. The Bertz CT molecular complexity index is 1010. The first kappa shape index (κ1) is 18.7. The smallest absolute Gasteiger partial charge is 0.348 e. The number of aryl methyl sites for hydroxylation is 1. The van der Waals surface area contributed by atoms with Crippen LogP contribution in [0.25, 0.3) is 15.9 Å². The molecule has 0 radical (unpaired) electrons. The van der Waals surface area contributed by atoms with Crippen LogP contribution in [0.1, 0.15) is 41.6 Å². The molecule has 1 unspecified atom stereocenters. The first-order valence-corrected chi connectivity index (χ1v) is 10.4. The maximum Gasteiger partial charge on any atom is 0.348 e. The van der Waals surface area contributed by atoms with Gasteiger partial charge < -0.3 is 9.64 Å². The number of ether oxygens (including phenoxy) is 1. The van der Waals surface area contributed by atoms with Crippen LogP contribution in [0.4, 0.5) is 0 Å². The third-order valence-corrected chi connectivity index (χ3v) is 6.29. The minimum atomic E-state index is -0.460. The summed E-state index contributed by atoms with van der Waals surface area (Å²) in [5.41, 5.74) is 1.80. The van der Waals surface area contributed by atoms with Gasteiger partial charge in [0.1, 0.15) is 9.71 Å². The zero-order valence-corrected chi connectivity index (χ0v) is 16.9. The largest absolute Gasteiger partial charge is 0.451 e. The van der Waals surface area contributed by atoms with Crippen LogP contribution >= 0.6 is 11.3 Å². The average Bonchev–Trinajstić information content (AvgIpc) is 3.28. The molecule has 1 amide bonds. The van der Waals surface area contributed by atoms with Crippen LogP contribution in [0.5, 0.6) is 0 Å². The number of carbonyl (C=O) groups is 2. The van der Waals surface area contributed by atoms with Gasteiger partial charge in [-0.3, -0.25) is 4.79 Å². The normalized spacial score (nSPS) is 17.1. The predicted molar refractivity (Wildman–Crippen MR) is 109 cm³/mol. The van der Waals surface area contributed by atoms with Crippen molar-refractivity contribution >= 4 is 33.4 Å². The molecule has 6 nitrogen and oxygen atoms in total. The van der Waals surface area contributed by atoms with Crippen molar-refractivity contribution in [3.05, 3.63) is 47.0 Å². The molecule has 1 fully saturated rings. The number of fused-ring (bicyclic) bond motifs is 1. The quantitative estimate of drug-likeness (QED) is 0.625. The van der Waals surface area contributed by atoms with E-state index in [4.69, 9.17) is 4.74 Å². The number of aromatic nitrogens is 2. The van der Waals surface area contributed by atoms with Gasteiger partial charge in [0.2, 0.25) is 0 Å². The first-order valence-electron chi connectivity index (χ1n) is 9.56. The van der Waals surface area contributed by atoms with Gasteiger partial charge in [0, 0.05) is 18.0 Å². The van der Waals surface area contributed by atoms with Crippen molar-refractivity contribution in [1.29, 1.82) is 0 Å². The number of hydrogen-bond acceptors (Lipinski definition) is 5. The lowest BCUT2D eigenvalue weighted by Gasteiger charge is -2.33. The van der Waals surface area contributed by atoms with Crippen molar-refractivity contribution in [3.63, 3.8) is 0 Å². The molecule has 1 saturated heterocycles. The van der Waals surface area contributed by atoms with Gasteiger partial charge in [-0.1, -0.05) is 18.2 Å². The molecule has 4 rings (SSSR count). The molecule has 0 spiro atoms. The Labute approximate surface area is 167 Å². The van der Waals surface area contributed by atoms with Crippen molar-refractivity contribution in [3.8, 4) is 5.69 Å². The number of thiophene rings is 1. The highest BCUT2D eigenvalue weighted by Crippen LogP contribution is 2.30. The Morgan fingerprint density at radius 2 is 2.04 bits per heavy atom. The average molecular weight is 398 g/mol. The molecule has 2 aromatic heterocycles. The molecule has 146 valence electrons. The summed E-state index contributed by atoms with van der Waals surface area (Å²) in [5.74, 6) is -0.577. The summed E-state index contributed by atoms with van der Waals surface area (Å²) >= 11 is 1.34. The summed E-state index contributed by atoms with van der Waals surface area (Å²) in [5, 5.41) is 5.51. The molecular formula is C21H23N3O3S. The van der Waals surface area contributed by atoms with E-state index in [1.54, 1.807) is 6.07 Å². The first-order chi connectivity index (χ1) is 13.5. The SMILES string of the molecule is Cc1nn(-c2ccccc2)c2sc(C(=O)OCC(=O)N3CCCCC3C)cc12. The maximum atomic E-state index is 12.5. The highest BCUT2D eigenvalue weighted by Gasteiger charge is 2.25. The van der Waals surface area contributed by atoms with Crippen LogP contribution in [-0.4, -0.2) is 45.8 Å². The second-order valence-corrected chi connectivity index (χ2v) is 8.20. The number of amides is 1. The van der Waals surface area contributed by atoms with E-state index in [9.17, 15) is 9.59 Å². The Hall–Kier alpha value is -2.67. The van der Waals surface area contributed by atoms with Crippen LogP contribution in [0.2, 0.25) is 0 Å². The number of carbonyl (C=O) groups excluding carboxylic acids is 2. The van der Waals surface area contributed by atoms with Gasteiger partial charge >= 0.3 is 5.97 Å². The molecule has 0 aliphatic carbocycles. The maximum absolute atomic E-state index is 12.5. The van der Waals surface area contributed by atoms with E-state index in [-0.39, 0.29) is 18.6 Å². The van der Waals surface area contributed by atoms with Crippen LogP contribution in [-0.2, 0) is 9.53 Å². The van der Waals surface area contributed by atoms with E-state index in [1.807, 2.05) is 53.8 Å². The fraction of sp³-hybridized carbons (Fsp3) is 0.381. The van der Waals surface area contributed by atoms with Crippen molar-refractivity contribution in [2.24, 2.45) is 0 Å². The Kier molecular flexibility index (Phi) is 5.17. The Balaban J connectivity index is 1.50. The van der Waals surface area contributed by atoms with Crippen LogP contribution in [0.3, 0.4) is 0 Å². The van der Waals surface area contributed by atoms with Gasteiger partial charge in [-0.2, -0.15) is 5.10 Å². The van der Waals surface area contributed by atoms with E-state index in [0.717, 1.165) is 47.4 Å². The number of likely N-dealkylation sites (tertiary alicyclic amines) is 1. The number of hydrogen-bond donors (Lipinski definition) is 0. The van der Waals surface area contributed by atoms with E-state index >= 15 is 0 Å². The van der Waals surface area contributed by atoms with Gasteiger partial charge in [-0.15, -0.1) is 11.3 Å². The molecule has 3 aromatic rings. The number of benzene rings is 1. The number of esters is 1. The number of piperidine rings is 1. The number of nitrogens with zero attached hydrogens (tertiary/aromatic N) is 3. The second-order valence-electron chi connectivity index (χ2n) is 7.17. The van der Waals surface area contributed by atoms with Crippen LogP contribution < -0.4 is 0 Å². The fourth-order valence-electron chi connectivity index (χ4n) is 3.64. The second kappa shape index (κ2) is 7.75. The monoisotopic (exact) mass is 397 g/mol. The standard InChI is InChI=1S/C21H23N3O3S/c1-14-8-6-7-11-23(14)19(25)13-27-21(26)18-12-17-15(2)22-24(20(17)28-18)16-9-4-3-5-10-16/h3-5,9-10,12,14H,6-8,11,13H2,1-2H3. The molecule has 7 heteroatoms.